The van der Waals surface area contributed by atoms with Crippen LogP contribution in [-0.4, -0.2) is 124 Å². The Balaban J connectivity index is -0.0000000904. The number of ketones is 3. The topological polar surface area (TPSA) is 108 Å². The molecule has 0 spiro atoms. The Morgan fingerprint density at radius 3 is 0.854 bits per heavy atom. The fraction of sp³-hybridized carbons (Fsp3) is 0.937. The van der Waals surface area contributed by atoms with Crippen molar-refractivity contribution < 1.29 is 28.7 Å². The van der Waals surface area contributed by atoms with Gasteiger partial charge in [0.15, 0.2) is 0 Å². The minimum atomic E-state index is -0.0793. The molecule has 0 aromatic carbocycles. The summed E-state index contributed by atoms with van der Waals surface area (Å²) in [6.45, 7) is 83.8. The van der Waals surface area contributed by atoms with Gasteiger partial charge in [0.1, 0.15) is 17.3 Å². The average Bonchev–Trinajstić information content (AvgIpc) is 3.33. The fourth-order valence-electron chi connectivity index (χ4n) is 9.62. The van der Waals surface area contributed by atoms with Crippen molar-refractivity contribution in [2.75, 3.05) is 39.3 Å². The molecule has 0 aliphatic heterocycles. The molecule has 89 heavy (non-hydrogen) atoms. The predicted octanol–water partition coefficient (Wildman–Crippen LogP) is 22.4. The molecule has 1 amide bonds. The highest BCUT2D eigenvalue weighted by atomic mass is 16.5. The Hall–Kier alpha value is -2.17. The first-order valence-electron chi connectivity index (χ1n) is 34.5. The Labute approximate surface area is 564 Å². The van der Waals surface area contributed by atoms with E-state index in [0.29, 0.717) is 103 Å². The summed E-state index contributed by atoms with van der Waals surface area (Å²) in [5, 5.41) is 0. The van der Waals surface area contributed by atoms with Crippen molar-refractivity contribution in [3.8, 4) is 0 Å². The molecular weight excluding hydrogens is 1100 g/mol. The van der Waals surface area contributed by atoms with Crippen LogP contribution < -0.4 is 0 Å². The number of hydrogen-bond acceptors (Lipinski definition) is 9. The fourth-order valence-corrected chi connectivity index (χ4v) is 9.62. The van der Waals surface area contributed by atoms with E-state index >= 15 is 0 Å². The van der Waals surface area contributed by atoms with E-state index < -0.39 is 0 Å². The molecule has 2 unspecified atom stereocenters. The van der Waals surface area contributed by atoms with Crippen molar-refractivity contribution >= 4 is 29.2 Å². The molecule has 0 bridgehead atoms. The SMILES string of the molecule is C.C.C.C.C.CC(C)C(=O)CCCC(=O)C(C)C.CC(C)CC(CCC(=O)C(C)C)C(C)C.CC(C)CC(COC(=O)C(C)C)C(C)C.CC(C)CN(C(=O)C(C)C)C(C)C.CC(C)CN(CC(C)C)C(C)C.CC(C)N(CCN(C(C)C)C(C)C)C(C)C. The smallest absolute Gasteiger partial charge is 0.308 e. The molecule has 0 aromatic rings. The molecular formula is C79H174N4O6. The summed E-state index contributed by atoms with van der Waals surface area (Å²) in [4.78, 5) is 66.7. The van der Waals surface area contributed by atoms with Crippen LogP contribution in [0.25, 0.3) is 0 Å². The van der Waals surface area contributed by atoms with Gasteiger partial charge >= 0.3 is 5.97 Å². The van der Waals surface area contributed by atoms with Gasteiger partial charge in [-0.15, -0.1) is 0 Å². The second-order valence-electron chi connectivity index (χ2n) is 30.6. The summed E-state index contributed by atoms with van der Waals surface area (Å²) >= 11 is 0. The number of amides is 1. The number of ether oxygens (including phenoxy) is 1. The zero-order valence-electron chi connectivity index (χ0n) is 63.5. The molecule has 0 aliphatic carbocycles. The van der Waals surface area contributed by atoms with Gasteiger partial charge in [0.05, 0.1) is 12.5 Å². The Bertz CT molecular complexity index is 1480. The number of carbonyl (C=O) groups is 5. The zero-order chi connectivity index (χ0) is 67.6. The minimum absolute atomic E-state index is 0. The highest BCUT2D eigenvalue weighted by molar-refractivity contribution is 5.83. The van der Waals surface area contributed by atoms with Crippen LogP contribution in [0.2, 0.25) is 0 Å². The van der Waals surface area contributed by atoms with Crippen LogP contribution in [0.5, 0.6) is 0 Å². The van der Waals surface area contributed by atoms with Gasteiger partial charge in [-0.05, 0) is 162 Å². The highest BCUT2D eigenvalue weighted by Crippen LogP contribution is 2.26. The molecule has 546 valence electrons. The lowest BCUT2D eigenvalue weighted by Crippen LogP contribution is -2.46. The van der Waals surface area contributed by atoms with Gasteiger partial charge in [-0.3, -0.25) is 33.8 Å². The van der Waals surface area contributed by atoms with Gasteiger partial charge < -0.3 is 14.5 Å². The quantitative estimate of drug-likeness (QED) is 0.0573. The number of esters is 1. The van der Waals surface area contributed by atoms with Gasteiger partial charge in [0.2, 0.25) is 5.91 Å². The van der Waals surface area contributed by atoms with Crippen LogP contribution in [0.4, 0.5) is 0 Å². The van der Waals surface area contributed by atoms with E-state index in [1.165, 1.54) is 32.6 Å². The first-order chi connectivity index (χ1) is 38.2. The van der Waals surface area contributed by atoms with Gasteiger partial charge in [-0.2, -0.15) is 0 Å². The second kappa shape index (κ2) is 63.2. The minimum Gasteiger partial charge on any atom is -0.465 e. The van der Waals surface area contributed by atoms with Crippen molar-refractivity contribution in [3.05, 3.63) is 0 Å². The zero-order valence-corrected chi connectivity index (χ0v) is 63.5. The van der Waals surface area contributed by atoms with E-state index in [4.69, 9.17) is 4.74 Å². The van der Waals surface area contributed by atoms with E-state index in [2.05, 4.69) is 195 Å². The third-order valence-corrected chi connectivity index (χ3v) is 15.0. The number of Topliss-reactive ketones (excluding diaryl/α,β-unsaturated/α-hetero) is 3. The van der Waals surface area contributed by atoms with Crippen molar-refractivity contribution in [3.63, 3.8) is 0 Å². The molecule has 0 heterocycles. The molecule has 0 saturated carbocycles. The Kier molecular flexibility index (Phi) is 79.0. The van der Waals surface area contributed by atoms with Crippen LogP contribution in [0.15, 0.2) is 0 Å². The van der Waals surface area contributed by atoms with Gasteiger partial charge in [0, 0.05) is 112 Å². The lowest BCUT2D eigenvalue weighted by atomic mass is 9.83. The Morgan fingerprint density at radius 2 is 0.629 bits per heavy atom. The predicted molar refractivity (Wildman–Crippen MR) is 405 cm³/mol. The van der Waals surface area contributed by atoms with Crippen LogP contribution in [-0.2, 0) is 28.7 Å². The maximum atomic E-state index is 11.7. The summed E-state index contributed by atoms with van der Waals surface area (Å²) in [5.74, 6) is 7.65. The molecule has 10 heteroatoms. The first kappa shape index (κ1) is 111. The van der Waals surface area contributed by atoms with E-state index in [-0.39, 0.29) is 90.2 Å². The summed E-state index contributed by atoms with van der Waals surface area (Å²) in [5.41, 5.74) is 0. The third kappa shape index (κ3) is 67.1. The number of carbonyl (C=O) groups excluding carboxylic acids is 5. The molecule has 0 aliphatic rings. The van der Waals surface area contributed by atoms with E-state index in [1.54, 1.807) is 0 Å². The summed E-state index contributed by atoms with van der Waals surface area (Å²) in [7, 11) is 0. The van der Waals surface area contributed by atoms with Crippen molar-refractivity contribution in [2.24, 2.45) is 82.9 Å². The van der Waals surface area contributed by atoms with Crippen LogP contribution in [0.3, 0.4) is 0 Å². The van der Waals surface area contributed by atoms with Gasteiger partial charge in [-0.1, -0.05) is 203 Å². The number of rotatable bonds is 35. The normalized spacial score (nSPS) is 12.0. The molecule has 2 atom stereocenters. The van der Waals surface area contributed by atoms with Crippen molar-refractivity contribution in [1.29, 1.82) is 0 Å². The second-order valence-corrected chi connectivity index (χ2v) is 30.6. The highest BCUT2D eigenvalue weighted by Gasteiger charge is 2.23. The van der Waals surface area contributed by atoms with Gasteiger partial charge in [-0.25, -0.2) is 0 Å². The van der Waals surface area contributed by atoms with E-state index in [9.17, 15) is 24.0 Å². The number of nitrogens with zero attached hydrogens (tertiary/aromatic N) is 4. The molecule has 0 saturated heterocycles. The summed E-state index contributed by atoms with van der Waals surface area (Å²) < 4.78 is 5.29. The van der Waals surface area contributed by atoms with E-state index in [0.717, 1.165) is 43.6 Å². The molecule has 0 fully saturated rings. The monoisotopic (exact) mass is 1280 g/mol. The van der Waals surface area contributed by atoms with Crippen molar-refractivity contribution in [1.82, 2.24) is 19.6 Å². The molecule has 0 N–H and O–H groups in total. The van der Waals surface area contributed by atoms with Crippen LogP contribution in [0.1, 0.15) is 331 Å². The van der Waals surface area contributed by atoms with Crippen LogP contribution >= 0.6 is 0 Å². The largest absolute Gasteiger partial charge is 0.465 e. The van der Waals surface area contributed by atoms with Crippen molar-refractivity contribution in [2.45, 2.75) is 368 Å². The van der Waals surface area contributed by atoms with Crippen LogP contribution in [0, 0.1) is 82.9 Å². The standard InChI is InChI=1S/C14H32N2.C14H28O.C13H26O2.C11H23NO.C11H25N.C11H20O2.5CH4/c1-11(2)15(12(3)4)9-10-16(13(5)6)14(7)8;1-10(2)9-13(11(3)4)7-8-14(15)12(5)6;1-9(2)7-12(10(3)4)8-15-13(14)11(5)6;1-8(2)7-12(10(5)6)11(13)9(3)4;1-9(2)7-12(11(5)6)8-10(3)4;1-8(2)10(12)6-5-7-11(13)9(3)4;;;;;/h11-14H,9-10H2,1-8H3;10-13H,7-9H2,1-6H3;9-12H,7-8H2,1-6H3;8-10H,7H2,1-6H3;9-11H,7-8H2,1-6H3;8-9H,5-7H2,1-4H3;5*1H4. The number of hydrogen-bond donors (Lipinski definition) is 0. The average molecular weight is 1280 g/mol. The third-order valence-electron chi connectivity index (χ3n) is 15.0. The van der Waals surface area contributed by atoms with Gasteiger partial charge in [0.25, 0.3) is 0 Å². The molecule has 10 nitrogen and oxygen atoms in total. The summed E-state index contributed by atoms with van der Waals surface area (Å²) in [6, 6.07) is 3.57. The molecule has 0 aromatic heterocycles. The maximum absolute atomic E-state index is 11.7. The molecule has 0 radical (unpaired) electrons. The first-order valence-corrected chi connectivity index (χ1v) is 34.5. The summed E-state index contributed by atoms with van der Waals surface area (Å²) in [6.07, 6.45) is 6.05. The van der Waals surface area contributed by atoms with E-state index in [1.807, 2.05) is 74.1 Å². The maximum Gasteiger partial charge on any atom is 0.308 e. The molecule has 0 rings (SSSR count). The lowest BCUT2D eigenvalue weighted by Gasteiger charge is -2.36. The Morgan fingerprint density at radius 1 is 0.326 bits per heavy atom. The lowest BCUT2D eigenvalue weighted by molar-refractivity contribution is -0.149.